The van der Waals surface area contributed by atoms with Crippen LogP contribution in [-0.2, 0) is 13.1 Å². The number of ether oxygens (including phenoxy) is 2. The van der Waals surface area contributed by atoms with E-state index in [1.165, 1.54) is 37.2 Å². The molecular weight excluding hydrogens is 346 g/mol. The van der Waals surface area contributed by atoms with Gasteiger partial charge in [0.2, 0.25) is 0 Å². The summed E-state index contributed by atoms with van der Waals surface area (Å²) in [5, 5.41) is 2.17. The van der Waals surface area contributed by atoms with Crippen molar-refractivity contribution in [2.75, 3.05) is 33.9 Å². The second kappa shape index (κ2) is 7.94. The standard InChI is InChI=1S/C20H27N3O2S/c1-24-19-6-4-16(20(7-19)25-2)10-23-9-15-3-5-18(23)12-22(8-15)11-17-13-26-14-21-17/h4,6-7,13-15,18H,3,5,8-12H2,1-2H3/t15-,18+/m0/s1. The maximum atomic E-state index is 5.61. The average Bonchev–Trinajstić information content (AvgIpc) is 3.02. The summed E-state index contributed by atoms with van der Waals surface area (Å²) >= 11 is 1.69. The molecule has 0 amide bonds. The first-order valence-electron chi connectivity index (χ1n) is 9.29. The minimum atomic E-state index is 0.610. The number of hydrogen-bond donors (Lipinski definition) is 0. The van der Waals surface area contributed by atoms with Gasteiger partial charge in [0.05, 0.1) is 25.4 Å². The number of piperidine rings is 1. The molecule has 3 aliphatic rings. The van der Waals surface area contributed by atoms with Crippen molar-refractivity contribution in [1.82, 2.24) is 14.8 Å². The molecule has 3 aliphatic heterocycles. The zero-order chi connectivity index (χ0) is 17.9. The highest BCUT2D eigenvalue weighted by molar-refractivity contribution is 7.07. The molecule has 1 aromatic heterocycles. The Labute approximate surface area is 159 Å². The van der Waals surface area contributed by atoms with Gasteiger partial charge in [-0.2, -0.15) is 0 Å². The van der Waals surface area contributed by atoms with E-state index in [1.807, 2.05) is 17.6 Å². The molecular formula is C20H27N3O2S. The van der Waals surface area contributed by atoms with Crippen molar-refractivity contribution in [3.8, 4) is 11.5 Å². The molecule has 1 aromatic carbocycles. The minimum Gasteiger partial charge on any atom is -0.497 e. The van der Waals surface area contributed by atoms with Crippen molar-refractivity contribution in [2.24, 2.45) is 5.92 Å². The molecule has 2 bridgehead atoms. The van der Waals surface area contributed by atoms with E-state index in [2.05, 4.69) is 26.2 Å². The van der Waals surface area contributed by atoms with E-state index >= 15 is 0 Å². The zero-order valence-electron chi connectivity index (χ0n) is 15.6. The van der Waals surface area contributed by atoms with Crippen LogP contribution in [0, 0.1) is 5.92 Å². The SMILES string of the molecule is COc1ccc(CN2C[C@H]3CC[C@@H]2CN(Cc2cscn2)C3)c(OC)c1. The zero-order valence-corrected chi connectivity index (χ0v) is 16.4. The highest BCUT2D eigenvalue weighted by atomic mass is 32.1. The Bertz CT molecular complexity index is 722. The second-order valence-corrected chi connectivity index (χ2v) is 8.10. The van der Waals surface area contributed by atoms with Gasteiger partial charge < -0.3 is 9.47 Å². The van der Waals surface area contributed by atoms with Gasteiger partial charge in [0.25, 0.3) is 0 Å². The predicted octanol–water partition coefficient (Wildman–Crippen LogP) is 3.26. The lowest BCUT2D eigenvalue weighted by Crippen LogP contribution is -2.43. The van der Waals surface area contributed by atoms with Gasteiger partial charge in [0.15, 0.2) is 0 Å². The summed E-state index contributed by atoms with van der Waals surface area (Å²) in [5.74, 6) is 2.51. The lowest BCUT2D eigenvalue weighted by molar-refractivity contribution is 0.122. The number of rotatable bonds is 6. The topological polar surface area (TPSA) is 37.8 Å². The number of nitrogens with zero attached hydrogens (tertiary/aromatic N) is 3. The van der Waals surface area contributed by atoms with Crippen LogP contribution in [0.25, 0.3) is 0 Å². The van der Waals surface area contributed by atoms with Gasteiger partial charge in [-0.15, -0.1) is 11.3 Å². The summed E-state index contributed by atoms with van der Waals surface area (Å²) in [4.78, 5) is 9.72. The van der Waals surface area contributed by atoms with Crippen LogP contribution in [0.15, 0.2) is 29.1 Å². The first-order valence-corrected chi connectivity index (χ1v) is 10.2. The molecule has 0 radical (unpaired) electrons. The van der Waals surface area contributed by atoms with E-state index in [1.54, 1.807) is 25.6 Å². The number of aromatic nitrogens is 1. The van der Waals surface area contributed by atoms with Crippen molar-refractivity contribution in [1.29, 1.82) is 0 Å². The first kappa shape index (κ1) is 17.8. The molecule has 5 rings (SSSR count). The summed E-state index contributed by atoms with van der Waals surface area (Å²) in [6, 6.07) is 6.77. The number of methoxy groups -OCH3 is 2. The molecule has 6 heteroatoms. The highest BCUT2D eigenvalue weighted by Gasteiger charge is 2.35. The number of fused-ring (bicyclic) bond motifs is 4. The van der Waals surface area contributed by atoms with Crippen molar-refractivity contribution in [2.45, 2.75) is 32.0 Å². The number of hydrogen-bond acceptors (Lipinski definition) is 6. The molecule has 2 atom stereocenters. The Morgan fingerprint density at radius 3 is 2.81 bits per heavy atom. The number of thiazole rings is 1. The fourth-order valence-electron chi connectivity index (χ4n) is 4.34. The van der Waals surface area contributed by atoms with Gasteiger partial charge in [-0.3, -0.25) is 9.80 Å². The van der Waals surface area contributed by atoms with Crippen molar-refractivity contribution < 1.29 is 9.47 Å². The molecule has 3 fully saturated rings. The van der Waals surface area contributed by atoms with Crippen LogP contribution in [0.2, 0.25) is 0 Å². The third-order valence-electron chi connectivity index (χ3n) is 5.64. The van der Waals surface area contributed by atoms with Crippen molar-refractivity contribution in [3.05, 3.63) is 40.3 Å². The summed E-state index contributed by atoms with van der Waals surface area (Å²) in [6.07, 6.45) is 2.63. The molecule has 2 aromatic rings. The van der Waals surface area contributed by atoms with E-state index in [4.69, 9.17) is 9.47 Å². The van der Waals surface area contributed by atoms with Crippen LogP contribution in [0.4, 0.5) is 0 Å². The van der Waals surface area contributed by atoms with E-state index in [0.29, 0.717) is 6.04 Å². The molecule has 5 nitrogen and oxygen atoms in total. The molecule has 140 valence electrons. The van der Waals surface area contributed by atoms with Crippen molar-refractivity contribution >= 4 is 11.3 Å². The lowest BCUT2D eigenvalue weighted by Gasteiger charge is -2.36. The molecule has 0 aliphatic carbocycles. The monoisotopic (exact) mass is 373 g/mol. The third kappa shape index (κ3) is 3.87. The highest BCUT2D eigenvalue weighted by Crippen LogP contribution is 2.32. The van der Waals surface area contributed by atoms with Gasteiger partial charge in [-0.1, -0.05) is 6.07 Å². The van der Waals surface area contributed by atoms with Gasteiger partial charge in [-0.25, -0.2) is 4.98 Å². The molecule has 0 spiro atoms. The third-order valence-corrected chi connectivity index (χ3v) is 6.27. The largest absolute Gasteiger partial charge is 0.497 e. The van der Waals surface area contributed by atoms with E-state index in [-0.39, 0.29) is 0 Å². The van der Waals surface area contributed by atoms with Crippen LogP contribution < -0.4 is 9.47 Å². The predicted molar refractivity (Wildman–Crippen MR) is 104 cm³/mol. The Morgan fingerprint density at radius 1 is 1.12 bits per heavy atom. The average molecular weight is 374 g/mol. The maximum Gasteiger partial charge on any atom is 0.127 e. The molecule has 0 unspecified atom stereocenters. The summed E-state index contributed by atoms with van der Waals surface area (Å²) in [7, 11) is 3.43. The molecule has 0 saturated carbocycles. The fourth-order valence-corrected chi connectivity index (χ4v) is 4.89. The van der Waals surface area contributed by atoms with E-state index in [9.17, 15) is 0 Å². The van der Waals surface area contributed by atoms with E-state index < -0.39 is 0 Å². The normalized spacial score (nSPS) is 23.8. The summed E-state index contributed by atoms with van der Waals surface area (Å²) in [5.41, 5.74) is 4.39. The van der Waals surface area contributed by atoms with Crippen LogP contribution >= 0.6 is 11.3 Å². The van der Waals surface area contributed by atoms with Crippen LogP contribution in [-0.4, -0.2) is 54.7 Å². The van der Waals surface area contributed by atoms with Gasteiger partial charge in [0.1, 0.15) is 11.5 Å². The molecule has 0 N–H and O–H groups in total. The van der Waals surface area contributed by atoms with Crippen LogP contribution in [0.1, 0.15) is 24.1 Å². The second-order valence-electron chi connectivity index (χ2n) is 7.38. The first-order chi connectivity index (χ1) is 12.7. The van der Waals surface area contributed by atoms with Gasteiger partial charge in [-0.05, 0) is 24.8 Å². The Kier molecular flexibility index (Phi) is 5.43. The smallest absolute Gasteiger partial charge is 0.127 e. The molecule has 3 saturated heterocycles. The Hall–Kier alpha value is -1.63. The fraction of sp³-hybridized carbons (Fsp3) is 0.550. The van der Waals surface area contributed by atoms with Crippen LogP contribution in [0.3, 0.4) is 0 Å². The van der Waals surface area contributed by atoms with E-state index in [0.717, 1.165) is 37.1 Å². The Balaban J connectivity index is 1.47. The Morgan fingerprint density at radius 2 is 2.04 bits per heavy atom. The van der Waals surface area contributed by atoms with Gasteiger partial charge >= 0.3 is 0 Å². The molecule has 26 heavy (non-hydrogen) atoms. The summed E-state index contributed by atoms with van der Waals surface area (Å²) in [6.45, 7) is 5.42. The van der Waals surface area contributed by atoms with Crippen LogP contribution in [0.5, 0.6) is 11.5 Å². The number of benzene rings is 1. The minimum absolute atomic E-state index is 0.610. The summed E-state index contributed by atoms with van der Waals surface area (Å²) < 4.78 is 10.9. The molecule has 4 heterocycles. The van der Waals surface area contributed by atoms with Gasteiger partial charge in [0, 0.05) is 55.8 Å². The lowest BCUT2D eigenvalue weighted by atomic mass is 9.94. The quantitative estimate of drug-likeness (QED) is 0.777. The van der Waals surface area contributed by atoms with Crippen molar-refractivity contribution in [3.63, 3.8) is 0 Å². The maximum absolute atomic E-state index is 5.61.